The van der Waals surface area contributed by atoms with E-state index in [1.807, 2.05) is 25.2 Å². The second-order valence-electron chi connectivity index (χ2n) is 4.21. The fourth-order valence-corrected chi connectivity index (χ4v) is 2.05. The summed E-state index contributed by atoms with van der Waals surface area (Å²) in [6, 6.07) is 10.1. The average Bonchev–Trinajstić information content (AvgIpc) is 2.77. The number of hydrogen-bond donors (Lipinski definition) is 1. The lowest BCUT2D eigenvalue weighted by atomic mass is 10.2. The van der Waals surface area contributed by atoms with E-state index in [1.165, 1.54) is 18.4 Å². The van der Waals surface area contributed by atoms with Gasteiger partial charge in [0.05, 0.1) is 11.6 Å². The zero-order valence-corrected chi connectivity index (χ0v) is 10.1. The Morgan fingerprint density at radius 1 is 1.29 bits per heavy atom. The van der Waals surface area contributed by atoms with Crippen LogP contribution in [0.15, 0.2) is 30.5 Å². The number of unbranched alkanes of at least 4 members (excludes halogenated alkanes) is 1. The molecule has 88 valence electrons. The van der Waals surface area contributed by atoms with Crippen molar-refractivity contribution in [3.8, 4) is 6.07 Å². The minimum atomic E-state index is 0.727. The molecule has 0 saturated carbocycles. The third-order valence-corrected chi connectivity index (χ3v) is 2.98. The predicted octanol–water partition coefficient (Wildman–Crippen LogP) is 2.51. The molecule has 1 aromatic heterocycles. The highest BCUT2D eigenvalue weighted by Gasteiger charge is 2.01. The highest BCUT2D eigenvalue weighted by molar-refractivity contribution is 5.81. The summed E-state index contributed by atoms with van der Waals surface area (Å²) >= 11 is 0. The minimum absolute atomic E-state index is 0.727. The summed E-state index contributed by atoms with van der Waals surface area (Å²) in [7, 11) is 1.98. The van der Waals surface area contributed by atoms with Gasteiger partial charge in [0.25, 0.3) is 0 Å². The van der Waals surface area contributed by atoms with Gasteiger partial charge >= 0.3 is 0 Å². The monoisotopic (exact) mass is 227 g/mol. The predicted molar refractivity (Wildman–Crippen MR) is 69.8 cm³/mol. The number of aromatic nitrogens is 1. The maximum atomic E-state index is 8.84. The Labute approximate surface area is 102 Å². The van der Waals surface area contributed by atoms with Crippen molar-refractivity contribution in [2.45, 2.75) is 19.4 Å². The minimum Gasteiger partial charge on any atom is -0.347 e. The largest absolute Gasteiger partial charge is 0.347 e. The van der Waals surface area contributed by atoms with E-state index in [9.17, 15) is 0 Å². The van der Waals surface area contributed by atoms with Crippen molar-refractivity contribution in [3.05, 3.63) is 36.0 Å². The normalized spacial score (nSPS) is 10.6. The first-order valence-electron chi connectivity index (χ1n) is 5.99. The van der Waals surface area contributed by atoms with Crippen molar-refractivity contribution in [3.63, 3.8) is 0 Å². The summed E-state index contributed by atoms with van der Waals surface area (Å²) in [4.78, 5) is 0. The summed E-state index contributed by atoms with van der Waals surface area (Å²) in [6.45, 7) is 2.11. The molecule has 17 heavy (non-hydrogen) atoms. The van der Waals surface area contributed by atoms with Crippen molar-refractivity contribution in [2.24, 2.45) is 0 Å². The van der Waals surface area contributed by atoms with E-state index in [1.54, 1.807) is 0 Å². The number of nitrogens with one attached hydrogen (secondary N) is 1. The van der Waals surface area contributed by atoms with Gasteiger partial charge in [-0.3, -0.25) is 0 Å². The van der Waals surface area contributed by atoms with Gasteiger partial charge in [0.15, 0.2) is 0 Å². The van der Waals surface area contributed by atoms with Crippen LogP contribution in [0.25, 0.3) is 10.9 Å². The molecule has 0 aliphatic carbocycles. The van der Waals surface area contributed by atoms with Crippen molar-refractivity contribution < 1.29 is 0 Å². The molecule has 0 radical (unpaired) electrons. The van der Waals surface area contributed by atoms with Crippen LogP contribution in [0.2, 0.25) is 0 Å². The third kappa shape index (κ3) is 2.66. The first-order chi connectivity index (χ1) is 8.35. The van der Waals surface area contributed by atoms with Gasteiger partial charge in [-0.1, -0.05) is 0 Å². The molecule has 0 aliphatic rings. The summed E-state index contributed by atoms with van der Waals surface area (Å²) in [5, 5.41) is 13.1. The van der Waals surface area contributed by atoms with Crippen LogP contribution < -0.4 is 5.32 Å². The van der Waals surface area contributed by atoms with Crippen LogP contribution in [0.5, 0.6) is 0 Å². The quantitative estimate of drug-likeness (QED) is 0.797. The molecule has 1 N–H and O–H groups in total. The Morgan fingerprint density at radius 3 is 2.94 bits per heavy atom. The van der Waals surface area contributed by atoms with Gasteiger partial charge in [0.1, 0.15) is 0 Å². The molecule has 0 unspecified atom stereocenters. The molecule has 3 heteroatoms. The molecule has 0 bridgehead atoms. The van der Waals surface area contributed by atoms with Gasteiger partial charge in [-0.15, -0.1) is 0 Å². The summed E-state index contributed by atoms with van der Waals surface area (Å²) in [6.07, 6.45) is 4.46. The molecule has 0 aliphatic heterocycles. The first kappa shape index (κ1) is 11.7. The number of fused-ring (bicyclic) bond motifs is 1. The molecule has 3 nitrogen and oxygen atoms in total. The van der Waals surface area contributed by atoms with Crippen molar-refractivity contribution in [1.82, 2.24) is 9.88 Å². The standard InChI is InChI=1S/C14H17N3/c1-16-7-2-3-8-17-9-6-13-10-12(11-15)4-5-14(13)17/h4-6,9-10,16H,2-3,7-8H2,1H3. The zero-order chi connectivity index (χ0) is 12.1. The maximum Gasteiger partial charge on any atom is 0.0991 e. The van der Waals surface area contributed by atoms with Gasteiger partial charge in [-0.2, -0.15) is 5.26 Å². The molecule has 0 saturated heterocycles. The van der Waals surface area contributed by atoms with E-state index >= 15 is 0 Å². The highest BCUT2D eigenvalue weighted by Crippen LogP contribution is 2.17. The second kappa shape index (κ2) is 5.51. The number of aryl methyl sites for hydroxylation is 1. The summed E-state index contributed by atoms with van der Waals surface area (Å²) in [5.41, 5.74) is 1.94. The van der Waals surface area contributed by atoms with Gasteiger partial charge < -0.3 is 9.88 Å². The van der Waals surface area contributed by atoms with Crippen LogP contribution in [-0.4, -0.2) is 18.2 Å². The van der Waals surface area contributed by atoms with Gasteiger partial charge in [0.2, 0.25) is 0 Å². The van der Waals surface area contributed by atoms with E-state index < -0.39 is 0 Å². The van der Waals surface area contributed by atoms with E-state index in [2.05, 4.69) is 28.2 Å². The van der Waals surface area contributed by atoms with Crippen LogP contribution in [0.4, 0.5) is 0 Å². The van der Waals surface area contributed by atoms with Crippen LogP contribution in [-0.2, 0) is 6.54 Å². The van der Waals surface area contributed by atoms with Crippen LogP contribution in [0, 0.1) is 11.3 Å². The summed E-state index contributed by atoms with van der Waals surface area (Å²) < 4.78 is 2.26. The third-order valence-electron chi connectivity index (χ3n) is 2.98. The Morgan fingerprint density at radius 2 is 2.18 bits per heavy atom. The number of hydrogen-bond acceptors (Lipinski definition) is 2. The molecule has 2 aromatic rings. The fourth-order valence-electron chi connectivity index (χ4n) is 2.05. The van der Waals surface area contributed by atoms with Crippen molar-refractivity contribution >= 4 is 10.9 Å². The number of nitrogens with zero attached hydrogens (tertiary/aromatic N) is 2. The molecule has 0 atom stereocenters. The van der Waals surface area contributed by atoms with Crippen LogP contribution >= 0.6 is 0 Å². The van der Waals surface area contributed by atoms with E-state index in [-0.39, 0.29) is 0 Å². The molecule has 0 spiro atoms. The smallest absolute Gasteiger partial charge is 0.0991 e. The topological polar surface area (TPSA) is 40.8 Å². The Balaban J connectivity index is 2.11. The molecule has 1 heterocycles. The molecule has 0 amide bonds. The van der Waals surface area contributed by atoms with Gasteiger partial charge in [-0.05, 0) is 50.7 Å². The molecular formula is C14H17N3. The van der Waals surface area contributed by atoms with Crippen LogP contribution in [0.3, 0.4) is 0 Å². The number of benzene rings is 1. The number of nitriles is 1. The Kier molecular flexibility index (Phi) is 3.79. The zero-order valence-electron chi connectivity index (χ0n) is 10.1. The molecule has 0 fully saturated rings. The summed E-state index contributed by atoms with van der Waals surface area (Å²) in [5.74, 6) is 0. The Bertz CT molecular complexity index is 534. The lowest BCUT2D eigenvalue weighted by molar-refractivity contribution is 0.603. The average molecular weight is 227 g/mol. The molecule has 1 aromatic carbocycles. The second-order valence-corrected chi connectivity index (χ2v) is 4.21. The van der Waals surface area contributed by atoms with Gasteiger partial charge in [-0.25, -0.2) is 0 Å². The highest BCUT2D eigenvalue weighted by atomic mass is 14.9. The first-order valence-corrected chi connectivity index (χ1v) is 5.99. The Hall–Kier alpha value is -1.79. The van der Waals surface area contributed by atoms with E-state index in [0.717, 1.165) is 24.0 Å². The fraction of sp³-hybridized carbons (Fsp3) is 0.357. The van der Waals surface area contributed by atoms with E-state index in [4.69, 9.17) is 5.26 Å². The van der Waals surface area contributed by atoms with Crippen molar-refractivity contribution in [1.29, 1.82) is 5.26 Å². The maximum absolute atomic E-state index is 8.84. The van der Waals surface area contributed by atoms with Gasteiger partial charge in [0, 0.05) is 23.6 Å². The SMILES string of the molecule is CNCCCCn1ccc2cc(C#N)ccc21. The number of rotatable bonds is 5. The lowest BCUT2D eigenvalue weighted by Crippen LogP contribution is -2.08. The lowest BCUT2D eigenvalue weighted by Gasteiger charge is -2.05. The van der Waals surface area contributed by atoms with E-state index in [0.29, 0.717) is 0 Å². The van der Waals surface area contributed by atoms with Crippen LogP contribution in [0.1, 0.15) is 18.4 Å². The van der Waals surface area contributed by atoms with Crippen molar-refractivity contribution in [2.75, 3.05) is 13.6 Å². The molecule has 2 rings (SSSR count). The molecular weight excluding hydrogens is 210 g/mol.